The average Bonchev–Trinajstić information content (AvgIpc) is 2.79. The third-order valence-electron chi connectivity index (χ3n) is 3.18. The first-order valence-electron chi connectivity index (χ1n) is 5.38. The molecule has 0 saturated heterocycles. The van der Waals surface area contributed by atoms with Gasteiger partial charge in [0.15, 0.2) is 0 Å². The third kappa shape index (κ3) is 2.23. The number of oxime groups is 1. The molecule has 2 aliphatic carbocycles. The van der Waals surface area contributed by atoms with E-state index in [9.17, 15) is 0 Å². The highest BCUT2D eigenvalue weighted by molar-refractivity contribution is 5.90. The van der Waals surface area contributed by atoms with Gasteiger partial charge < -0.3 is 4.84 Å². The Kier molecular flexibility index (Phi) is 2.31. The lowest BCUT2D eigenvalue weighted by atomic mass is 9.90. The van der Waals surface area contributed by atoms with Gasteiger partial charge in [-0.2, -0.15) is 0 Å². The zero-order valence-corrected chi connectivity index (χ0v) is 8.68. The zero-order chi connectivity index (χ0) is 9.31. The second-order valence-electron chi connectivity index (χ2n) is 5.01. The Morgan fingerprint density at radius 1 is 1.46 bits per heavy atom. The van der Waals surface area contributed by atoms with Crippen molar-refractivity contribution in [1.29, 1.82) is 0 Å². The van der Waals surface area contributed by atoms with Gasteiger partial charge in [0.2, 0.25) is 0 Å². The molecule has 13 heavy (non-hydrogen) atoms. The molecule has 74 valence electrons. The van der Waals surface area contributed by atoms with Crippen LogP contribution in [0.2, 0.25) is 0 Å². The zero-order valence-electron chi connectivity index (χ0n) is 8.68. The van der Waals surface area contributed by atoms with Gasteiger partial charge in [-0.05, 0) is 38.0 Å². The van der Waals surface area contributed by atoms with E-state index < -0.39 is 0 Å². The average molecular weight is 181 g/mol. The van der Waals surface area contributed by atoms with Crippen LogP contribution in [0.3, 0.4) is 0 Å². The van der Waals surface area contributed by atoms with Crippen LogP contribution in [0.25, 0.3) is 0 Å². The summed E-state index contributed by atoms with van der Waals surface area (Å²) in [6.45, 7) is 5.37. The smallest absolute Gasteiger partial charge is 0.120 e. The molecule has 0 atom stereocenters. The van der Waals surface area contributed by atoms with Crippen molar-refractivity contribution >= 4 is 5.71 Å². The molecule has 0 heterocycles. The third-order valence-corrected chi connectivity index (χ3v) is 3.18. The minimum absolute atomic E-state index is 0.295. The van der Waals surface area contributed by atoms with Crippen molar-refractivity contribution in [3.63, 3.8) is 0 Å². The summed E-state index contributed by atoms with van der Waals surface area (Å²) in [5.74, 6) is 0.814. The van der Waals surface area contributed by atoms with E-state index >= 15 is 0 Å². The van der Waals surface area contributed by atoms with Crippen molar-refractivity contribution in [1.82, 2.24) is 0 Å². The standard InChI is InChI=1S/C11H19NO/c1-11(2)7-3-4-10(11)12-13-8-9-5-6-9/h9H,3-8H2,1-2H3/b12-10+. The van der Waals surface area contributed by atoms with Gasteiger partial charge in [-0.1, -0.05) is 19.0 Å². The molecule has 0 N–H and O–H groups in total. The molecule has 2 aliphatic rings. The maximum Gasteiger partial charge on any atom is 0.120 e. The molecular formula is C11H19NO. The van der Waals surface area contributed by atoms with Crippen LogP contribution in [0.1, 0.15) is 46.0 Å². The Morgan fingerprint density at radius 2 is 2.23 bits per heavy atom. The van der Waals surface area contributed by atoms with Crippen molar-refractivity contribution in [2.45, 2.75) is 46.0 Å². The lowest BCUT2D eigenvalue weighted by Gasteiger charge is -2.17. The predicted molar refractivity (Wildman–Crippen MR) is 53.7 cm³/mol. The molecular weight excluding hydrogens is 162 g/mol. The lowest BCUT2D eigenvalue weighted by Crippen LogP contribution is -2.17. The summed E-state index contributed by atoms with van der Waals surface area (Å²) in [4.78, 5) is 5.37. The molecule has 0 bridgehead atoms. The minimum Gasteiger partial charge on any atom is -0.396 e. The van der Waals surface area contributed by atoms with Crippen LogP contribution in [-0.4, -0.2) is 12.3 Å². The molecule has 2 heteroatoms. The Balaban J connectivity index is 1.83. The second-order valence-corrected chi connectivity index (χ2v) is 5.01. The fourth-order valence-corrected chi connectivity index (χ4v) is 1.85. The van der Waals surface area contributed by atoms with Crippen molar-refractivity contribution in [3.05, 3.63) is 0 Å². The molecule has 0 aromatic carbocycles. The molecule has 2 fully saturated rings. The monoisotopic (exact) mass is 181 g/mol. The fraction of sp³-hybridized carbons (Fsp3) is 0.909. The Hall–Kier alpha value is -0.530. The van der Waals surface area contributed by atoms with E-state index in [1.54, 1.807) is 0 Å². The van der Waals surface area contributed by atoms with E-state index in [1.165, 1.54) is 31.4 Å². The molecule has 0 spiro atoms. The number of nitrogens with zero attached hydrogens (tertiary/aromatic N) is 1. The highest BCUT2D eigenvalue weighted by Crippen LogP contribution is 2.35. The molecule has 0 aromatic heterocycles. The van der Waals surface area contributed by atoms with Crippen LogP contribution in [0, 0.1) is 11.3 Å². The van der Waals surface area contributed by atoms with E-state index in [4.69, 9.17) is 4.84 Å². The molecule has 0 unspecified atom stereocenters. The van der Waals surface area contributed by atoms with Gasteiger partial charge in [0.25, 0.3) is 0 Å². The number of hydrogen-bond acceptors (Lipinski definition) is 2. The summed E-state index contributed by atoms with van der Waals surface area (Å²) in [5.41, 5.74) is 1.57. The SMILES string of the molecule is CC1(C)CCC/C1=N\OCC1CC1. The fourth-order valence-electron chi connectivity index (χ4n) is 1.85. The summed E-state index contributed by atoms with van der Waals surface area (Å²) in [7, 11) is 0. The maximum absolute atomic E-state index is 5.37. The largest absolute Gasteiger partial charge is 0.396 e. The molecule has 2 nitrogen and oxygen atoms in total. The summed E-state index contributed by atoms with van der Waals surface area (Å²) in [6, 6.07) is 0. The summed E-state index contributed by atoms with van der Waals surface area (Å²) < 4.78 is 0. The van der Waals surface area contributed by atoms with Gasteiger partial charge in [-0.3, -0.25) is 0 Å². The van der Waals surface area contributed by atoms with Crippen LogP contribution in [0.15, 0.2) is 5.16 Å². The van der Waals surface area contributed by atoms with E-state index in [0.717, 1.165) is 18.9 Å². The van der Waals surface area contributed by atoms with Crippen molar-refractivity contribution in [3.8, 4) is 0 Å². The Morgan fingerprint density at radius 3 is 2.77 bits per heavy atom. The van der Waals surface area contributed by atoms with Gasteiger partial charge in [0.05, 0.1) is 5.71 Å². The summed E-state index contributed by atoms with van der Waals surface area (Å²) in [6.07, 6.45) is 6.36. The quantitative estimate of drug-likeness (QED) is 0.613. The van der Waals surface area contributed by atoms with Crippen LogP contribution in [0.4, 0.5) is 0 Å². The molecule has 2 saturated carbocycles. The molecule has 0 radical (unpaired) electrons. The second kappa shape index (κ2) is 3.32. The molecule has 0 aliphatic heterocycles. The van der Waals surface area contributed by atoms with E-state index in [1.807, 2.05) is 0 Å². The number of hydrogen-bond donors (Lipinski definition) is 0. The molecule has 0 amide bonds. The van der Waals surface area contributed by atoms with Crippen LogP contribution >= 0.6 is 0 Å². The van der Waals surface area contributed by atoms with Crippen LogP contribution in [0.5, 0.6) is 0 Å². The van der Waals surface area contributed by atoms with Gasteiger partial charge in [-0.15, -0.1) is 0 Å². The minimum atomic E-state index is 0.295. The maximum atomic E-state index is 5.37. The van der Waals surface area contributed by atoms with Gasteiger partial charge in [0, 0.05) is 5.41 Å². The van der Waals surface area contributed by atoms with Crippen LogP contribution in [-0.2, 0) is 4.84 Å². The first-order valence-corrected chi connectivity index (χ1v) is 5.38. The lowest BCUT2D eigenvalue weighted by molar-refractivity contribution is 0.131. The summed E-state index contributed by atoms with van der Waals surface area (Å²) >= 11 is 0. The van der Waals surface area contributed by atoms with E-state index in [-0.39, 0.29) is 0 Å². The number of rotatable bonds is 3. The first kappa shape index (κ1) is 9.04. The Bertz CT molecular complexity index is 216. The molecule has 0 aromatic rings. The normalized spacial score (nSPS) is 29.5. The van der Waals surface area contributed by atoms with Crippen molar-refractivity contribution in [2.24, 2.45) is 16.5 Å². The van der Waals surface area contributed by atoms with Crippen LogP contribution < -0.4 is 0 Å². The van der Waals surface area contributed by atoms with Gasteiger partial charge in [-0.25, -0.2) is 0 Å². The first-order chi connectivity index (χ1) is 6.18. The van der Waals surface area contributed by atoms with Gasteiger partial charge >= 0.3 is 0 Å². The van der Waals surface area contributed by atoms with Gasteiger partial charge in [0.1, 0.15) is 6.61 Å². The summed E-state index contributed by atoms with van der Waals surface area (Å²) in [5, 5.41) is 4.27. The highest BCUT2D eigenvalue weighted by atomic mass is 16.6. The topological polar surface area (TPSA) is 21.6 Å². The van der Waals surface area contributed by atoms with Crippen molar-refractivity contribution in [2.75, 3.05) is 6.61 Å². The van der Waals surface area contributed by atoms with E-state index in [0.29, 0.717) is 5.41 Å². The Labute approximate surface area is 80.3 Å². The highest BCUT2D eigenvalue weighted by Gasteiger charge is 2.31. The predicted octanol–water partition coefficient (Wildman–Crippen LogP) is 2.98. The van der Waals surface area contributed by atoms with E-state index in [2.05, 4.69) is 19.0 Å². The van der Waals surface area contributed by atoms with Crippen molar-refractivity contribution < 1.29 is 4.84 Å². The molecule has 2 rings (SSSR count).